The molecular weight excluding hydrogens is 436 g/mol. The second kappa shape index (κ2) is 9.11. The molecule has 1 amide bonds. The van der Waals surface area contributed by atoms with Crippen LogP contribution in [0.15, 0.2) is 65.7 Å². The Bertz CT molecular complexity index is 1230. The molecule has 1 aliphatic carbocycles. The summed E-state index contributed by atoms with van der Waals surface area (Å²) >= 11 is 0. The standard InChI is InChI=1S/C25H30N4O3S/c1-25(2,3)28-33(31,32)20-14-12-19(13-15-20)24(30)27-22-10-7-11-23-21(22)16-26-29(23)17-18-8-5-4-6-9-18/h4-6,8-9,12-16,22,28H,7,10-11,17H2,1-3H3,(H,27,30). The summed E-state index contributed by atoms with van der Waals surface area (Å²) in [7, 11) is -3.64. The van der Waals surface area contributed by atoms with Crippen LogP contribution in [-0.4, -0.2) is 29.6 Å². The molecule has 1 aromatic heterocycles. The first-order valence-electron chi connectivity index (χ1n) is 11.2. The highest BCUT2D eigenvalue weighted by Crippen LogP contribution is 2.30. The van der Waals surface area contributed by atoms with Crippen LogP contribution in [0.3, 0.4) is 0 Å². The third-order valence-electron chi connectivity index (χ3n) is 5.61. The van der Waals surface area contributed by atoms with E-state index in [-0.39, 0.29) is 16.8 Å². The van der Waals surface area contributed by atoms with Gasteiger partial charge in [0, 0.05) is 22.4 Å². The molecule has 0 aliphatic heterocycles. The highest BCUT2D eigenvalue weighted by molar-refractivity contribution is 7.89. The van der Waals surface area contributed by atoms with Gasteiger partial charge in [-0.1, -0.05) is 30.3 Å². The predicted octanol–water partition coefficient (Wildman–Crippen LogP) is 3.82. The smallest absolute Gasteiger partial charge is 0.251 e. The molecule has 2 N–H and O–H groups in total. The lowest BCUT2D eigenvalue weighted by Crippen LogP contribution is -2.40. The first-order chi connectivity index (χ1) is 15.6. The third-order valence-corrected chi connectivity index (χ3v) is 7.38. The van der Waals surface area contributed by atoms with Crippen molar-refractivity contribution in [2.24, 2.45) is 0 Å². The van der Waals surface area contributed by atoms with Gasteiger partial charge in [0.1, 0.15) is 0 Å². The summed E-state index contributed by atoms with van der Waals surface area (Å²) in [6.45, 7) is 6.06. The SMILES string of the molecule is CC(C)(C)NS(=O)(=O)c1ccc(C(=O)NC2CCCc3c2cnn3Cc2ccccc2)cc1. The minimum Gasteiger partial charge on any atom is -0.345 e. The van der Waals surface area contributed by atoms with E-state index in [9.17, 15) is 13.2 Å². The maximum atomic E-state index is 12.9. The number of benzene rings is 2. The molecule has 0 saturated heterocycles. The normalized spacial score (nSPS) is 16.3. The van der Waals surface area contributed by atoms with Crippen molar-refractivity contribution in [1.29, 1.82) is 0 Å². The van der Waals surface area contributed by atoms with Crippen LogP contribution in [0.2, 0.25) is 0 Å². The molecule has 1 unspecified atom stereocenters. The average Bonchev–Trinajstić information content (AvgIpc) is 3.17. The molecule has 0 spiro atoms. The molecule has 1 aliphatic rings. The van der Waals surface area contributed by atoms with Crippen molar-refractivity contribution in [3.63, 3.8) is 0 Å². The Labute approximate surface area is 195 Å². The fourth-order valence-electron chi connectivity index (χ4n) is 4.15. The fourth-order valence-corrected chi connectivity index (χ4v) is 5.57. The second-order valence-corrected chi connectivity index (χ2v) is 11.2. The van der Waals surface area contributed by atoms with Crippen LogP contribution in [0.4, 0.5) is 0 Å². The van der Waals surface area contributed by atoms with Gasteiger partial charge in [-0.15, -0.1) is 0 Å². The summed E-state index contributed by atoms with van der Waals surface area (Å²) < 4.78 is 29.6. The Morgan fingerprint density at radius 2 is 1.79 bits per heavy atom. The number of sulfonamides is 1. The lowest BCUT2D eigenvalue weighted by Gasteiger charge is -2.24. The van der Waals surface area contributed by atoms with E-state index in [4.69, 9.17) is 0 Å². The number of fused-ring (bicyclic) bond motifs is 1. The van der Waals surface area contributed by atoms with Crippen molar-refractivity contribution in [2.75, 3.05) is 0 Å². The summed E-state index contributed by atoms with van der Waals surface area (Å²) in [5, 5.41) is 7.69. The van der Waals surface area contributed by atoms with Crippen LogP contribution in [0.25, 0.3) is 0 Å². The number of nitrogens with zero attached hydrogens (tertiary/aromatic N) is 2. The Morgan fingerprint density at radius 1 is 1.09 bits per heavy atom. The molecule has 2 aromatic carbocycles. The molecule has 1 heterocycles. The molecule has 3 aromatic rings. The molecule has 0 fully saturated rings. The molecule has 8 heteroatoms. The van der Waals surface area contributed by atoms with Crippen molar-refractivity contribution in [2.45, 2.75) is 63.1 Å². The van der Waals surface area contributed by atoms with Crippen molar-refractivity contribution in [3.05, 3.63) is 83.2 Å². The number of hydrogen-bond acceptors (Lipinski definition) is 4. The summed E-state index contributed by atoms with van der Waals surface area (Å²) in [5.74, 6) is -0.226. The Kier molecular flexibility index (Phi) is 6.41. The molecule has 33 heavy (non-hydrogen) atoms. The highest BCUT2D eigenvalue weighted by atomic mass is 32.2. The maximum absolute atomic E-state index is 12.9. The van der Waals surface area contributed by atoms with Gasteiger partial charge in [0.25, 0.3) is 5.91 Å². The van der Waals surface area contributed by atoms with E-state index in [2.05, 4.69) is 27.3 Å². The van der Waals surface area contributed by atoms with Gasteiger partial charge in [-0.25, -0.2) is 13.1 Å². The molecule has 4 rings (SSSR count). The van der Waals surface area contributed by atoms with Crippen molar-refractivity contribution in [1.82, 2.24) is 19.8 Å². The zero-order chi connectivity index (χ0) is 23.6. The third kappa shape index (κ3) is 5.51. The number of carbonyl (C=O) groups excluding carboxylic acids is 1. The predicted molar refractivity (Wildman–Crippen MR) is 127 cm³/mol. The van der Waals surface area contributed by atoms with Gasteiger partial charge in [0.2, 0.25) is 10.0 Å². The van der Waals surface area contributed by atoms with E-state index in [1.54, 1.807) is 32.9 Å². The van der Waals surface area contributed by atoms with Crippen LogP contribution >= 0.6 is 0 Å². The van der Waals surface area contributed by atoms with Gasteiger partial charge in [-0.3, -0.25) is 9.48 Å². The first kappa shape index (κ1) is 23.2. The summed E-state index contributed by atoms with van der Waals surface area (Å²) in [6, 6.07) is 16.1. The van der Waals surface area contributed by atoms with Gasteiger partial charge in [-0.05, 0) is 69.9 Å². The Balaban J connectivity index is 1.47. The number of hydrogen-bond donors (Lipinski definition) is 2. The van der Waals surface area contributed by atoms with Crippen molar-refractivity contribution in [3.8, 4) is 0 Å². The molecule has 0 bridgehead atoms. The molecule has 0 saturated carbocycles. The van der Waals surface area contributed by atoms with E-state index in [1.165, 1.54) is 17.7 Å². The van der Waals surface area contributed by atoms with Crippen LogP contribution < -0.4 is 10.0 Å². The molecule has 174 valence electrons. The lowest BCUT2D eigenvalue weighted by atomic mass is 9.92. The fraction of sp³-hybridized carbons (Fsp3) is 0.360. The number of carbonyl (C=O) groups is 1. The highest BCUT2D eigenvalue weighted by Gasteiger charge is 2.26. The average molecular weight is 467 g/mol. The topological polar surface area (TPSA) is 93.1 Å². The lowest BCUT2D eigenvalue weighted by molar-refractivity contribution is 0.0932. The van der Waals surface area contributed by atoms with Crippen LogP contribution in [0, 0.1) is 0 Å². The zero-order valence-corrected chi connectivity index (χ0v) is 20.0. The maximum Gasteiger partial charge on any atom is 0.251 e. The van der Waals surface area contributed by atoms with E-state index in [0.29, 0.717) is 12.1 Å². The van der Waals surface area contributed by atoms with E-state index >= 15 is 0 Å². The molecule has 7 nitrogen and oxygen atoms in total. The van der Waals surface area contributed by atoms with Crippen LogP contribution in [-0.2, 0) is 23.0 Å². The van der Waals surface area contributed by atoms with E-state index in [0.717, 1.165) is 30.5 Å². The monoisotopic (exact) mass is 466 g/mol. The number of rotatable bonds is 6. The van der Waals surface area contributed by atoms with Gasteiger partial charge >= 0.3 is 0 Å². The van der Waals surface area contributed by atoms with Gasteiger partial charge in [0.05, 0.1) is 23.7 Å². The first-order valence-corrected chi connectivity index (χ1v) is 12.6. The number of amides is 1. The number of aromatic nitrogens is 2. The van der Waals surface area contributed by atoms with Gasteiger partial charge in [-0.2, -0.15) is 5.10 Å². The van der Waals surface area contributed by atoms with Gasteiger partial charge < -0.3 is 5.32 Å². The quantitative estimate of drug-likeness (QED) is 0.578. The van der Waals surface area contributed by atoms with Crippen LogP contribution in [0.5, 0.6) is 0 Å². The molecule has 1 atom stereocenters. The zero-order valence-electron chi connectivity index (χ0n) is 19.2. The Morgan fingerprint density at radius 3 is 2.45 bits per heavy atom. The van der Waals surface area contributed by atoms with Crippen molar-refractivity contribution < 1.29 is 13.2 Å². The second-order valence-electron chi connectivity index (χ2n) is 9.49. The number of nitrogens with one attached hydrogen (secondary N) is 2. The Hall–Kier alpha value is -2.97. The van der Waals surface area contributed by atoms with E-state index < -0.39 is 15.6 Å². The van der Waals surface area contributed by atoms with Crippen molar-refractivity contribution >= 4 is 15.9 Å². The molecular formula is C25H30N4O3S. The minimum absolute atomic E-state index is 0.114. The van der Waals surface area contributed by atoms with Crippen LogP contribution in [0.1, 0.15) is 66.8 Å². The largest absolute Gasteiger partial charge is 0.345 e. The summed E-state index contributed by atoms with van der Waals surface area (Å²) in [4.78, 5) is 13.0. The summed E-state index contributed by atoms with van der Waals surface area (Å²) in [6.07, 6.45) is 4.60. The minimum atomic E-state index is -3.64. The van der Waals surface area contributed by atoms with Gasteiger partial charge in [0.15, 0.2) is 0 Å². The summed E-state index contributed by atoms with van der Waals surface area (Å²) in [5.41, 5.74) is 3.24. The van der Waals surface area contributed by atoms with E-state index in [1.807, 2.05) is 29.1 Å². The molecule has 0 radical (unpaired) electrons.